The third kappa shape index (κ3) is 7.22. The lowest BCUT2D eigenvalue weighted by Crippen LogP contribution is -2.43. The van der Waals surface area contributed by atoms with Crippen LogP contribution in [0.15, 0.2) is 47.1 Å². The number of hydrogen-bond donors (Lipinski definition) is 1. The highest BCUT2D eigenvalue weighted by Crippen LogP contribution is 2.18. The van der Waals surface area contributed by atoms with E-state index in [2.05, 4.69) is 19.2 Å². The van der Waals surface area contributed by atoms with E-state index in [0.29, 0.717) is 19.1 Å². The zero-order valence-electron chi connectivity index (χ0n) is 17.4. The van der Waals surface area contributed by atoms with Crippen molar-refractivity contribution in [3.63, 3.8) is 0 Å². The number of nitrogens with zero attached hydrogens (tertiary/aromatic N) is 1. The number of ether oxygens (including phenoxy) is 2. The van der Waals surface area contributed by atoms with Crippen LogP contribution in [0.2, 0.25) is 0 Å². The number of carbonyl (C=O) groups excluding carboxylic acids is 1. The van der Waals surface area contributed by atoms with Gasteiger partial charge in [-0.05, 0) is 55.0 Å². The lowest BCUT2D eigenvalue weighted by molar-refractivity contribution is 0.0112. The zero-order valence-corrected chi connectivity index (χ0v) is 17.4. The van der Waals surface area contributed by atoms with Gasteiger partial charge in [0.1, 0.15) is 12.4 Å². The molecular formula is C23H32N2O4. The van der Waals surface area contributed by atoms with Crippen LogP contribution in [0.1, 0.15) is 44.4 Å². The Morgan fingerprint density at radius 2 is 2.03 bits per heavy atom. The van der Waals surface area contributed by atoms with E-state index < -0.39 is 0 Å². The smallest absolute Gasteiger partial charge is 0.321 e. The first-order valence-corrected chi connectivity index (χ1v) is 10.5. The van der Waals surface area contributed by atoms with Gasteiger partial charge in [-0.3, -0.25) is 0 Å². The van der Waals surface area contributed by atoms with Crippen molar-refractivity contribution >= 4 is 11.7 Å². The Balaban J connectivity index is 1.40. The highest BCUT2D eigenvalue weighted by atomic mass is 16.5. The summed E-state index contributed by atoms with van der Waals surface area (Å²) in [5, 5.41) is 3.00. The van der Waals surface area contributed by atoms with Gasteiger partial charge in [0.25, 0.3) is 0 Å². The quantitative estimate of drug-likeness (QED) is 0.639. The zero-order chi connectivity index (χ0) is 20.5. The van der Waals surface area contributed by atoms with E-state index in [9.17, 15) is 4.79 Å². The third-order valence-corrected chi connectivity index (χ3v) is 5.05. The molecule has 1 fully saturated rings. The lowest BCUT2D eigenvalue weighted by Gasteiger charge is -2.32. The molecule has 0 bridgehead atoms. The Morgan fingerprint density at radius 1 is 1.21 bits per heavy atom. The predicted molar refractivity (Wildman–Crippen MR) is 113 cm³/mol. The molecule has 1 N–H and O–H groups in total. The van der Waals surface area contributed by atoms with Gasteiger partial charge in [-0.15, -0.1) is 0 Å². The van der Waals surface area contributed by atoms with E-state index in [-0.39, 0.29) is 12.1 Å². The average Bonchev–Trinajstić information content (AvgIpc) is 3.22. The summed E-state index contributed by atoms with van der Waals surface area (Å²) in [7, 11) is 0. The molecule has 0 aliphatic carbocycles. The number of amides is 2. The van der Waals surface area contributed by atoms with Gasteiger partial charge in [0.15, 0.2) is 0 Å². The summed E-state index contributed by atoms with van der Waals surface area (Å²) in [6, 6.07) is 11.4. The molecular weight excluding hydrogens is 368 g/mol. The Labute approximate surface area is 173 Å². The molecule has 2 amide bonds. The molecule has 6 heteroatoms. The molecule has 158 valence electrons. The first-order valence-electron chi connectivity index (χ1n) is 10.5. The summed E-state index contributed by atoms with van der Waals surface area (Å²) in [6.45, 7) is 7.56. The van der Waals surface area contributed by atoms with Gasteiger partial charge < -0.3 is 24.1 Å². The van der Waals surface area contributed by atoms with E-state index in [1.165, 1.54) is 0 Å². The average molecular weight is 401 g/mol. The molecule has 0 radical (unpaired) electrons. The van der Waals surface area contributed by atoms with E-state index in [1.807, 2.05) is 41.3 Å². The van der Waals surface area contributed by atoms with Crippen LogP contribution in [-0.2, 0) is 22.7 Å². The van der Waals surface area contributed by atoms with Crippen LogP contribution in [0.3, 0.4) is 0 Å². The largest absolute Gasteiger partial charge is 0.467 e. The third-order valence-electron chi connectivity index (χ3n) is 5.05. The number of piperidine rings is 1. The highest BCUT2D eigenvalue weighted by Gasteiger charge is 2.23. The molecule has 1 aliphatic heterocycles. The van der Waals surface area contributed by atoms with Crippen molar-refractivity contribution in [3.8, 4) is 0 Å². The van der Waals surface area contributed by atoms with Crippen molar-refractivity contribution in [2.24, 2.45) is 5.92 Å². The molecule has 6 nitrogen and oxygen atoms in total. The van der Waals surface area contributed by atoms with E-state index >= 15 is 0 Å². The standard InChI is InChI=1S/C23H32N2O4/c1-18(2)10-14-29-21-8-11-25(12-9-21)23(26)24-20-6-3-5-19(15-20)16-27-17-22-7-4-13-28-22/h3-7,13,15,18,21H,8-12,14,16-17H2,1-2H3,(H,24,26). The Bertz CT molecular complexity index is 737. The van der Waals surface area contributed by atoms with Crippen molar-refractivity contribution < 1.29 is 18.7 Å². The number of likely N-dealkylation sites (tertiary alicyclic amines) is 1. The molecule has 1 aromatic carbocycles. The minimum atomic E-state index is -0.0562. The molecule has 0 unspecified atom stereocenters. The Hall–Kier alpha value is -2.31. The molecule has 29 heavy (non-hydrogen) atoms. The number of carbonyl (C=O) groups is 1. The topological polar surface area (TPSA) is 63.9 Å². The minimum Gasteiger partial charge on any atom is -0.467 e. The van der Waals surface area contributed by atoms with Crippen LogP contribution in [0.25, 0.3) is 0 Å². The number of anilines is 1. The van der Waals surface area contributed by atoms with Crippen LogP contribution in [0, 0.1) is 5.92 Å². The monoisotopic (exact) mass is 400 g/mol. The summed E-state index contributed by atoms with van der Waals surface area (Å²) >= 11 is 0. The summed E-state index contributed by atoms with van der Waals surface area (Å²) in [5.74, 6) is 1.46. The fourth-order valence-corrected chi connectivity index (χ4v) is 3.30. The van der Waals surface area contributed by atoms with Crippen molar-refractivity contribution in [1.82, 2.24) is 4.90 Å². The summed E-state index contributed by atoms with van der Waals surface area (Å²) < 4.78 is 16.9. The van der Waals surface area contributed by atoms with Gasteiger partial charge in [-0.25, -0.2) is 4.79 Å². The van der Waals surface area contributed by atoms with Gasteiger partial charge in [-0.2, -0.15) is 0 Å². The van der Waals surface area contributed by atoms with Crippen molar-refractivity contribution in [2.75, 3.05) is 25.0 Å². The first-order chi connectivity index (χ1) is 14.1. The fourth-order valence-electron chi connectivity index (χ4n) is 3.30. The Morgan fingerprint density at radius 3 is 2.76 bits per heavy atom. The van der Waals surface area contributed by atoms with Crippen molar-refractivity contribution in [1.29, 1.82) is 0 Å². The molecule has 0 saturated carbocycles. The second kappa shape index (κ2) is 11.0. The molecule has 1 aliphatic rings. The predicted octanol–water partition coefficient (Wildman–Crippen LogP) is 5.06. The molecule has 1 aromatic heterocycles. The summed E-state index contributed by atoms with van der Waals surface area (Å²) in [5.41, 5.74) is 1.79. The van der Waals surface area contributed by atoms with Gasteiger partial charge in [0, 0.05) is 25.4 Å². The van der Waals surface area contributed by atoms with Crippen LogP contribution in [-0.4, -0.2) is 36.7 Å². The van der Waals surface area contributed by atoms with Crippen molar-refractivity contribution in [3.05, 3.63) is 54.0 Å². The molecule has 0 spiro atoms. The van der Waals surface area contributed by atoms with Gasteiger partial charge in [0.2, 0.25) is 0 Å². The van der Waals surface area contributed by atoms with E-state index in [4.69, 9.17) is 13.9 Å². The van der Waals surface area contributed by atoms with Crippen LogP contribution >= 0.6 is 0 Å². The molecule has 2 aromatic rings. The molecule has 0 atom stereocenters. The van der Waals surface area contributed by atoms with Gasteiger partial charge >= 0.3 is 6.03 Å². The molecule has 1 saturated heterocycles. The lowest BCUT2D eigenvalue weighted by atomic mass is 10.1. The number of benzene rings is 1. The SMILES string of the molecule is CC(C)CCOC1CCN(C(=O)Nc2cccc(COCc3ccco3)c2)CC1. The van der Waals surface area contributed by atoms with Gasteiger partial charge in [-0.1, -0.05) is 26.0 Å². The van der Waals surface area contributed by atoms with Crippen LogP contribution in [0.4, 0.5) is 10.5 Å². The first kappa shape index (κ1) is 21.4. The normalized spacial score (nSPS) is 15.1. The van der Waals surface area contributed by atoms with Gasteiger partial charge in [0.05, 0.1) is 19.0 Å². The number of furan rings is 1. The highest BCUT2D eigenvalue weighted by molar-refractivity contribution is 5.89. The maximum Gasteiger partial charge on any atom is 0.321 e. The summed E-state index contributed by atoms with van der Waals surface area (Å²) in [6.07, 6.45) is 4.78. The van der Waals surface area contributed by atoms with Crippen LogP contribution < -0.4 is 5.32 Å². The van der Waals surface area contributed by atoms with E-state index in [1.54, 1.807) is 6.26 Å². The van der Waals surface area contributed by atoms with Crippen molar-refractivity contribution in [2.45, 2.75) is 52.4 Å². The summed E-state index contributed by atoms with van der Waals surface area (Å²) in [4.78, 5) is 14.5. The number of hydrogen-bond acceptors (Lipinski definition) is 4. The maximum absolute atomic E-state index is 12.6. The number of urea groups is 1. The second-order valence-corrected chi connectivity index (χ2v) is 7.94. The van der Waals surface area contributed by atoms with E-state index in [0.717, 1.165) is 56.0 Å². The Kier molecular flexibility index (Phi) is 8.14. The molecule has 2 heterocycles. The number of rotatable bonds is 9. The second-order valence-electron chi connectivity index (χ2n) is 7.94. The molecule has 3 rings (SSSR count). The van der Waals surface area contributed by atoms with Crippen LogP contribution in [0.5, 0.6) is 0 Å². The fraction of sp³-hybridized carbons (Fsp3) is 0.522. The number of nitrogens with one attached hydrogen (secondary N) is 1. The maximum atomic E-state index is 12.6. The minimum absolute atomic E-state index is 0.0562.